The first-order valence-electron chi connectivity index (χ1n) is 15.1. The molecule has 0 N–H and O–H groups in total. The zero-order chi connectivity index (χ0) is 32.1. The van der Waals surface area contributed by atoms with Gasteiger partial charge in [0.1, 0.15) is 11.2 Å². The van der Waals surface area contributed by atoms with Crippen molar-refractivity contribution in [3.8, 4) is 0 Å². The molecule has 0 unspecified atom stereocenters. The van der Waals surface area contributed by atoms with Crippen molar-refractivity contribution in [2.45, 2.75) is 35.1 Å². The third-order valence-electron chi connectivity index (χ3n) is 8.05. The molecule has 1 aromatic heterocycles. The minimum absolute atomic E-state index is 0.238. The lowest BCUT2D eigenvalue weighted by Crippen LogP contribution is -2.37. The van der Waals surface area contributed by atoms with Crippen LogP contribution < -0.4 is 0 Å². The van der Waals surface area contributed by atoms with E-state index in [1.54, 1.807) is 24.2 Å². The second-order valence-corrected chi connectivity index (χ2v) is 13.1. The summed E-state index contributed by atoms with van der Waals surface area (Å²) in [5.74, 6) is 0.145. The van der Waals surface area contributed by atoms with Gasteiger partial charge in [0.15, 0.2) is 0 Å². The maximum Gasteiger partial charge on any atom is 0.205 e. The number of imidazole rings is 1. The Morgan fingerprint density at radius 1 is 0.717 bits per heavy atom. The van der Waals surface area contributed by atoms with Crippen LogP contribution in [0.25, 0.3) is 6.08 Å². The summed E-state index contributed by atoms with van der Waals surface area (Å²) in [5.41, 5.74) is 4.64. The molecular weight excluding hydrogens is 627 g/mol. The Morgan fingerprint density at radius 3 is 1.83 bits per heavy atom. The van der Waals surface area contributed by atoms with Crippen molar-refractivity contribution in [3.05, 3.63) is 190 Å². The van der Waals surface area contributed by atoms with Gasteiger partial charge in [-0.15, -0.1) is 0 Å². The van der Waals surface area contributed by atoms with E-state index in [1.807, 2.05) is 89.6 Å². The van der Waals surface area contributed by atoms with Gasteiger partial charge >= 0.3 is 0 Å². The van der Waals surface area contributed by atoms with Crippen LogP contribution in [0.15, 0.2) is 156 Å². The fourth-order valence-corrected chi connectivity index (χ4v) is 7.50. The van der Waals surface area contributed by atoms with E-state index in [4.69, 9.17) is 23.2 Å². The van der Waals surface area contributed by atoms with E-state index in [-0.39, 0.29) is 5.78 Å². The van der Waals surface area contributed by atoms with Gasteiger partial charge in [-0.1, -0.05) is 164 Å². The predicted molar refractivity (Wildman–Crippen MR) is 191 cm³/mol. The maximum atomic E-state index is 13.5. The van der Waals surface area contributed by atoms with Crippen molar-refractivity contribution in [1.29, 1.82) is 0 Å². The van der Waals surface area contributed by atoms with E-state index in [9.17, 15) is 4.79 Å². The number of benzene rings is 5. The van der Waals surface area contributed by atoms with Gasteiger partial charge in [-0.3, -0.25) is 4.79 Å². The second-order valence-electron chi connectivity index (χ2n) is 11.2. The highest BCUT2D eigenvalue weighted by molar-refractivity contribution is 7.99. The van der Waals surface area contributed by atoms with Crippen molar-refractivity contribution in [2.75, 3.05) is 0 Å². The van der Waals surface area contributed by atoms with E-state index in [0.717, 1.165) is 26.5 Å². The Kier molecular flexibility index (Phi) is 9.60. The molecule has 0 aliphatic heterocycles. The normalized spacial score (nSPS) is 11.8. The average Bonchev–Trinajstić information content (AvgIpc) is 3.59. The number of carbonyl (C=O) groups excluding carboxylic acids is 1. The van der Waals surface area contributed by atoms with E-state index in [2.05, 4.69) is 67.4 Å². The topological polar surface area (TPSA) is 34.9 Å². The first kappa shape index (κ1) is 31.6. The van der Waals surface area contributed by atoms with Crippen molar-refractivity contribution in [3.63, 3.8) is 0 Å². The van der Waals surface area contributed by atoms with E-state index >= 15 is 0 Å². The molecule has 5 aromatic carbocycles. The number of halogens is 2. The lowest BCUT2D eigenvalue weighted by atomic mass is 9.77. The van der Waals surface area contributed by atoms with Crippen LogP contribution in [0.1, 0.15) is 58.1 Å². The molecule has 3 nitrogen and oxygen atoms in total. The molecule has 0 bridgehead atoms. The van der Waals surface area contributed by atoms with Gasteiger partial charge in [-0.2, -0.15) is 0 Å². The van der Waals surface area contributed by atoms with Crippen LogP contribution in [0.3, 0.4) is 0 Å². The highest BCUT2D eigenvalue weighted by Crippen LogP contribution is 2.42. The summed E-state index contributed by atoms with van der Waals surface area (Å²) in [5, 5.41) is 0.863. The number of hydrogen-bond acceptors (Lipinski definition) is 3. The fraction of sp³-hybridized carbons (Fsp3) is 0.100. The molecule has 0 saturated heterocycles. The third-order valence-corrected chi connectivity index (χ3v) is 10.2. The largest absolute Gasteiger partial charge is 0.318 e. The van der Waals surface area contributed by atoms with Gasteiger partial charge in [0.25, 0.3) is 0 Å². The molecule has 0 amide bonds. The highest BCUT2D eigenvalue weighted by atomic mass is 35.5. The summed E-state index contributed by atoms with van der Waals surface area (Å²) in [4.78, 5) is 20.1. The summed E-state index contributed by atoms with van der Waals surface area (Å²) in [6, 6.07) is 43.0. The zero-order valence-corrected chi connectivity index (χ0v) is 27.8. The number of ketones is 1. The highest BCUT2D eigenvalue weighted by Gasteiger charge is 2.38. The molecule has 6 rings (SSSR count). The monoisotopic (exact) mass is 658 g/mol. The predicted octanol–water partition coefficient (Wildman–Crippen LogP) is 11.2. The van der Waals surface area contributed by atoms with Gasteiger partial charge < -0.3 is 4.57 Å². The van der Waals surface area contributed by atoms with E-state index < -0.39 is 5.54 Å². The molecule has 228 valence electrons. The molecule has 0 spiro atoms. The number of rotatable bonds is 10. The van der Waals surface area contributed by atoms with Gasteiger partial charge in [0, 0.05) is 16.0 Å². The van der Waals surface area contributed by atoms with E-state index in [1.165, 1.54) is 11.6 Å². The quantitative estimate of drug-likeness (QED) is 0.0834. The standard InChI is InChI=1S/C40H32Cl2N2OS/c1-28(2)33-20-12-13-21-36(33)46-37-25-23-29(38(41)39(37)42)22-24-35(45)34-26-44(27-43-34)40(30-14-6-3-7-15-30,31-16-8-4-9-17-31)32-18-10-5-11-19-32/h3-28H,1-2H3/b24-22+. The van der Waals surface area contributed by atoms with Crippen LogP contribution in [0.5, 0.6) is 0 Å². The van der Waals surface area contributed by atoms with Gasteiger partial charge in [0.2, 0.25) is 5.78 Å². The van der Waals surface area contributed by atoms with E-state index in [0.29, 0.717) is 27.2 Å². The molecule has 0 atom stereocenters. The van der Waals surface area contributed by atoms with Gasteiger partial charge in [0.05, 0.1) is 16.4 Å². The van der Waals surface area contributed by atoms with Gasteiger partial charge in [-0.05, 0) is 58.0 Å². The second kappa shape index (κ2) is 14.0. The molecule has 0 fully saturated rings. The minimum Gasteiger partial charge on any atom is -0.318 e. The summed E-state index contributed by atoms with van der Waals surface area (Å²) in [6.07, 6.45) is 6.75. The Labute approximate surface area is 284 Å². The fourth-order valence-electron chi connectivity index (χ4n) is 5.79. The van der Waals surface area contributed by atoms with Crippen molar-refractivity contribution in [1.82, 2.24) is 9.55 Å². The Bertz CT molecular complexity index is 1890. The Hall–Kier alpha value is -4.35. The van der Waals surface area contributed by atoms with Crippen LogP contribution in [-0.2, 0) is 5.54 Å². The molecule has 1 heterocycles. The number of nitrogens with zero attached hydrogens (tertiary/aromatic N) is 2. The number of hydrogen-bond donors (Lipinski definition) is 0. The summed E-state index contributed by atoms with van der Waals surface area (Å²) in [7, 11) is 0. The first-order chi connectivity index (χ1) is 22.4. The molecule has 0 aliphatic carbocycles. The molecule has 0 saturated carbocycles. The smallest absolute Gasteiger partial charge is 0.205 e. The third kappa shape index (κ3) is 6.21. The Morgan fingerprint density at radius 2 is 1.26 bits per heavy atom. The molecular formula is C40H32Cl2N2OS. The van der Waals surface area contributed by atoms with Gasteiger partial charge in [-0.25, -0.2) is 4.98 Å². The first-order valence-corrected chi connectivity index (χ1v) is 16.6. The van der Waals surface area contributed by atoms with Crippen molar-refractivity contribution in [2.24, 2.45) is 0 Å². The lowest BCUT2D eigenvalue weighted by Gasteiger charge is -2.37. The maximum absolute atomic E-state index is 13.5. The summed E-state index contributed by atoms with van der Waals surface area (Å²) in [6.45, 7) is 4.35. The Balaban J connectivity index is 1.33. The summed E-state index contributed by atoms with van der Waals surface area (Å²) >= 11 is 15.1. The number of aromatic nitrogens is 2. The van der Waals surface area contributed by atoms with Crippen LogP contribution in [-0.4, -0.2) is 15.3 Å². The van der Waals surface area contributed by atoms with Crippen LogP contribution >= 0.6 is 35.0 Å². The molecule has 0 aliphatic rings. The minimum atomic E-state index is -0.752. The SMILES string of the molecule is CC(C)c1ccccc1Sc1ccc(/C=C/C(=O)c2cn(C(c3ccccc3)(c3ccccc3)c3ccccc3)cn2)c(Cl)c1Cl. The molecule has 6 aromatic rings. The molecule has 6 heteroatoms. The number of carbonyl (C=O) groups is 1. The molecule has 0 radical (unpaired) electrons. The number of allylic oxidation sites excluding steroid dienone is 1. The van der Waals surface area contributed by atoms with Crippen molar-refractivity contribution >= 4 is 46.8 Å². The van der Waals surface area contributed by atoms with Crippen LogP contribution in [0, 0.1) is 0 Å². The van der Waals surface area contributed by atoms with Crippen LogP contribution in [0.2, 0.25) is 10.0 Å². The molecule has 46 heavy (non-hydrogen) atoms. The average molecular weight is 660 g/mol. The zero-order valence-electron chi connectivity index (χ0n) is 25.5. The van der Waals surface area contributed by atoms with Crippen LogP contribution in [0.4, 0.5) is 0 Å². The summed E-state index contributed by atoms with van der Waals surface area (Å²) < 4.78 is 2.03. The van der Waals surface area contributed by atoms with Crippen molar-refractivity contribution < 1.29 is 4.79 Å². The lowest BCUT2D eigenvalue weighted by molar-refractivity contribution is 0.104.